The Hall–Kier alpha value is -2.37. The molecule has 1 saturated heterocycles. The fraction of sp³-hybridized carbons (Fsp3) is 0.120. The van der Waals surface area contributed by atoms with E-state index in [1.54, 1.807) is 30.3 Å². The van der Waals surface area contributed by atoms with Crippen molar-refractivity contribution in [2.45, 2.75) is 13.2 Å². The van der Waals surface area contributed by atoms with Gasteiger partial charge in [-0.2, -0.15) is 0 Å². The van der Waals surface area contributed by atoms with E-state index in [-0.39, 0.29) is 30.1 Å². The third-order valence-corrected chi connectivity index (χ3v) is 7.52. The molecule has 1 aliphatic heterocycles. The molecule has 0 spiro atoms. The van der Waals surface area contributed by atoms with Gasteiger partial charge in [0.2, 0.25) is 0 Å². The van der Waals surface area contributed by atoms with Crippen LogP contribution in [0.2, 0.25) is 0 Å². The Morgan fingerprint density at radius 1 is 1.09 bits per heavy atom. The quantitative estimate of drug-likeness (QED) is 0.203. The number of rotatable bonds is 7. The Morgan fingerprint density at radius 3 is 2.50 bits per heavy atom. The monoisotopic (exact) mass is 653 g/mol. The first-order chi connectivity index (χ1) is 16.4. The van der Waals surface area contributed by atoms with Crippen LogP contribution in [-0.2, 0) is 17.9 Å². The maximum absolute atomic E-state index is 13.9. The number of thioether (sulfide) groups is 1. The van der Waals surface area contributed by atoms with Gasteiger partial charge in [0.05, 0.1) is 22.1 Å². The molecule has 0 aromatic heterocycles. The Balaban J connectivity index is 1.55. The van der Waals surface area contributed by atoms with E-state index in [1.807, 2.05) is 30.3 Å². The summed E-state index contributed by atoms with van der Waals surface area (Å²) in [7, 11) is 1.51. The first-order valence-corrected chi connectivity index (χ1v) is 12.8. The Bertz CT molecular complexity index is 1300. The molecule has 4 rings (SSSR count). The number of halogens is 3. The van der Waals surface area contributed by atoms with Gasteiger partial charge in [-0.05, 0) is 75.8 Å². The van der Waals surface area contributed by atoms with Crippen molar-refractivity contribution in [2.24, 2.45) is 0 Å². The lowest BCUT2D eigenvalue weighted by Crippen LogP contribution is -2.27. The number of carbonyl (C=O) groups excluding carboxylic acids is 2. The van der Waals surface area contributed by atoms with E-state index < -0.39 is 0 Å². The van der Waals surface area contributed by atoms with Crippen LogP contribution in [0.5, 0.6) is 11.5 Å². The topological polar surface area (TPSA) is 55.8 Å². The van der Waals surface area contributed by atoms with Crippen LogP contribution in [0.15, 0.2) is 70.0 Å². The summed E-state index contributed by atoms with van der Waals surface area (Å²) in [4.78, 5) is 27.0. The van der Waals surface area contributed by atoms with Crippen LogP contribution in [0.4, 0.5) is 9.18 Å². The molecule has 9 heteroatoms. The van der Waals surface area contributed by atoms with Crippen LogP contribution in [0.1, 0.15) is 16.7 Å². The van der Waals surface area contributed by atoms with Crippen molar-refractivity contribution < 1.29 is 23.5 Å². The van der Waals surface area contributed by atoms with Crippen molar-refractivity contribution in [3.05, 3.63) is 96.1 Å². The molecule has 174 valence electrons. The highest BCUT2D eigenvalue weighted by Crippen LogP contribution is 2.38. The molecule has 0 radical (unpaired) electrons. The zero-order valence-corrected chi connectivity index (χ0v) is 22.4. The van der Waals surface area contributed by atoms with Crippen LogP contribution in [0.25, 0.3) is 6.08 Å². The highest BCUT2D eigenvalue weighted by Gasteiger charge is 2.35. The van der Waals surface area contributed by atoms with E-state index in [0.717, 1.165) is 25.4 Å². The largest absolute Gasteiger partial charge is 0.493 e. The highest BCUT2D eigenvalue weighted by atomic mass is 127. The minimum Gasteiger partial charge on any atom is -0.493 e. The van der Waals surface area contributed by atoms with E-state index in [0.29, 0.717) is 27.5 Å². The summed E-state index contributed by atoms with van der Waals surface area (Å²) in [5.41, 5.74) is 1.97. The first kappa shape index (κ1) is 24.7. The minimum absolute atomic E-state index is 0.0479. The van der Waals surface area contributed by atoms with Gasteiger partial charge >= 0.3 is 0 Å². The van der Waals surface area contributed by atoms with Gasteiger partial charge in [0.25, 0.3) is 11.1 Å². The summed E-state index contributed by atoms with van der Waals surface area (Å²) < 4.78 is 26.8. The molecule has 0 N–H and O–H groups in total. The van der Waals surface area contributed by atoms with Gasteiger partial charge in [-0.3, -0.25) is 14.5 Å². The molecule has 0 bridgehead atoms. The highest BCUT2D eigenvalue weighted by molar-refractivity contribution is 14.1. The summed E-state index contributed by atoms with van der Waals surface area (Å²) in [5, 5.41) is -0.321. The number of carbonyl (C=O) groups is 2. The predicted molar refractivity (Wildman–Crippen MR) is 142 cm³/mol. The maximum Gasteiger partial charge on any atom is 0.293 e. The van der Waals surface area contributed by atoms with Crippen molar-refractivity contribution in [3.63, 3.8) is 0 Å². The van der Waals surface area contributed by atoms with Crippen molar-refractivity contribution in [1.82, 2.24) is 4.90 Å². The minimum atomic E-state index is -0.348. The van der Waals surface area contributed by atoms with Gasteiger partial charge in [-0.1, -0.05) is 52.3 Å². The Morgan fingerprint density at radius 2 is 1.79 bits per heavy atom. The molecule has 0 atom stereocenters. The van der Waals surface area contributed by atoms with Crippen molar-refractivity contribution >= 4 is 67.5 Å². The molecule has 3 aromatic carbocycles. The number of hydrogen-bond donors (Lipinski definition) is 0. The number of hydrogen-bond acceptors (Lipinski definition) is 5. The predicted octanol–water partition coefficient (Wildman–Crippen LogP) is 7.02. The molecule has 1 heterocycles. The van der Waals surface area contributed by atoms with E-state index in [9.17, 15) is 14.0 Å². The van der Waals surface area contributed by atoms with Crippen molar-refractivity contribution in [3.8, 4) is 11.5 Å². The second-order valence-electron chi connectivity index (χ2n) is 7.27. The zero-order valence-electron chi connectivity index (χ0n) is 17.9. The summed E-state index contributed by atoms with van der Waals surface area (Å²) >= 11 is 6.46. The average molecular weight is 654 g/mol. The fourth-order valence-electron chi connectivity index (χ4n) is 3.31. The Labute approximate surface area is 222 Å². The number of amides is 2. The molecular formula is C25H18BrFINO4S. The van der Waals surface area contributed by atoms with E-state index in [4.69, 9.17) is 9.47 Å². The van der Waals surface area contributed by atoms with Crippen molar-refractivity contribution in [2.75, 3.05) is 7.11 Å². The molecule has 0 unspecified atom stereocenters. The van der Waals surface area contributed by atoms with Crippen LogP contribution >= 0.6 is 50.3 Å². The Kier molecular flexibility index (Phi) is 7.95. The molecule has 2 amide bonds. The van der Waals surface area contributed by atoms with Crippen molar-refractivity contribution in [1.29, 1.82) is 0 Å². The van der Waals surface area contributed by atoms with Crippen LogP contribution in [0.3, 0.4) is 0 Å². The molecule has 5 nitrogen and oxygen atoms in total. The lowest BCUT2D eigenvalue weighted by molar-refractivity contribution is -0.123. The molecule has 1 aliphatic rings. The lowest BCUT2D eigenvalue weighted by atomic mass is 10.1. The first-order valence-electron chi connectivity index (χ1n) is 10.1. The molecular weight excluding hydrogens is 636 g/mol. The van der Waals surface area contributed by atoms with Crippen LogP contribution in [-0.4, -0.2) is 23.2 Å². The summed E-state index contributed by atoms with van der Waals surface area (Å²) in [5.74, 6) is 0.235. The van der Waals surface area contributed by atoms with Gasteiger partial charge in [0.15, 0.2) is 11.5 Å². The normalized spacial score (nSPS) is 14.7. The molecule has 0 saturated carbocycles. The number of methoxy groups -OCH3 is 1. The molecule has 0 aliphatic carbocycles. The number of benzene rings is 3. The second kappa shape index (κ2) is 10.9. The summed E-state index contributed by atoms with van der Waals surface area (Å²) in [6, 6.07) is 17.4. The fourth-order valence-corrected chi connectivity index (χ4v) is 5.34. The zero-order chi connectivity index (χ0) is 24.2. The molecule has 34 heavy (non-hydrogen) atoms. The van der Waals surface area contributed by atoms with E-state index in [2.05, 4.69) is 38.5 Å². The van der Waals surface area contributed by atoms with Gasteiger partial charge in [-0.25, -0.2) is 4.39 Å². The lowest BCUT2D eigenvalue weighted by Gasteiger charge is -2.14. The molecule has 1 fully saturated rings. The SMILES string of the molecule is COc1cc(/C=C2/SC(=O)N(Cc3ccccc3Br)C2=O)cc(I)c1OCc1ccccc1F. The number of nitrogens with zero attached hydrogens (tertiary/aromatic N) is 1. The second-order valence-corrected chi connectivity index (χ2v) is 10.3. The third-order valence-electron chi connectivity index (χ3n) is 5.04. The van der Waals surface area contributed by atoms with Crippen LogP contribution in [0, 0.1) is 9.39 Å². The standard InChI is InChI=1S/C25H18BrFINO4S/c1-32-21-11-15(10-20(28)23(21)33-14-17-7-3-5-9-19(17)27)12-22-24(30)29(25(31)34-22)13-16-6-2-4-8-18(16)26/h2-12H,13-14H2,1H3/b22-12+. The average Bonchev–Trinajstić information content (AvgIpc) is 3.07. The maximum atomic E-state index is 13.9. The van der Waals surface area contributed by atoms with Gasteiger partial charge in [-0.15, -0.1) is 0 Å². The summed E-state index contributed by atoms with van der Waals surface area (Å²) in [6.07, 6.45) is 1.66. The van der Waals surface area contributed by atoms with E-state index in [1.165, 1.54) is 18.1 Å². The van der Waals surface area contributed by atoms with E-state index >= 15 is 0 Å². The number of ether oxygens (including phenoxy) is 2. The third kappa shape index (κ3) is 5.47. The smallest absolute Gasteiger partial charge is 0.293 e. The van der Waals surface area contributed by atoms with Gasteiger partial charge < -0.3 is 9.47 Å². The number of imide groups is 1. The van der Waals surface area contributed by atoms with Crippen LogP contribution < -0.4 is 9.47 Å². The summed E-state index contributed by atoms with van der Waals surface area (Å²) in [6.45, 7) is 0.236. The van der Waals surface area contributed by atoms with Gasteiger partial charge in [0, 0.05) is 10.0 Å². The van der Waals surface area contributed by atoms with Gasteiger partial charge in [0.1, 0.15) is 12.4 Å². The molecule has 3 aromatic rings.